The predicted octanol–water partition coefficient (Wildman–Crippen LogP) is 7.78. The summed E-state index contributed by atoms with van der Waals surface area (Å²) in [4.78, 5) is 33.4. The van der Waals surface area contributed by atoms with Crippen molar-refractivity contribution in [3.8, 4) is 11.1 Å². The largest absolute Gasteiger partial charge is 0.416 e. The van der Waals surface area contributed by atoms with Gasteiger partial charge in [0.2, 0.25) is 5.91 Å². The molecule has 1 aromatic heterocycles. The van der Waals surface area contributed by atoms with Crippen LogP contribution >= 0.6 is 11.8 Å². The van der Waals surface area contributed by atoms with E-state index in [1.54, 1.807) is 0 Å². The van der Waals surface area contributed by atoms with Gasteiger partial charge in [-0.2, -0.15) is 18.2 Å². The maximum absolute atomic E-state index is 15.1. The molecule has 1 aliphatic carbocycles. The van der Waals surface area contributed by atoms with Gasteiger partial charge in [0.15, 0.2) is 5.16 Å². The number of hydrogen-bond donors (Lipinski definition) is 0. The summed E-state index contributed by atoms with van der Waals surface area (Å²) in [7, 11) is 0. The summed E-state index contributed by atoms with van der Waals surface area (Å²) in [6.07, 6.45) is -4.43. The molecule has 3 aromatic carbocycles. The summed E-state index contributed by atoms with van der Waals surface area (Å²) in [5.74, 6) is -3.45. The molecule has 1 amide bonds. The first kappa shape index (κ1) is 21.9. The van der Waals surface area contributed by atoms with Crippen LogP contribution in [0.4, 0.5) is 17.6 Å². The van der Waals surface area contributed by atoms with Crippen LogP contribution < -0.4 is 5.56 Å². The van der Waals surface area contributed by atoms with Crippen molar-refractivity contribution >= 4 is 17.7 Å². The highest BCUT2D eigenvalue weighted by atomic mass is 32.2. The van der Waals surface area contributed by atoms with Crippen LogP contribution in [0.1, 0.15) is 79.0 Å². The SMILES string of the molecule is [2H]c1c([2H])c(C([2H])([2H])Sc2nc(=O)c3c(n2C([2H])([2H])C(=O)N(C([2H])(C)c2ccc(-c4ccc(C(F)(F)F)cc4)cc2)C([2H])([2H])C([2H])([2H])N(CC)CC)CCC3)c([2H])c([2H])c1F. The fourth-order valence-corrected chi connectivity index (χ4v) is 5.64. The highest BCUT2D eigenvalue weighted by molar-refractivity contribution is 7.98. The van der Waals surface area contributed by atoms with E-state index >= 15 is 4.79 Å². The van der Waals surface area contributed by atoms with Crippen molar-refractivity contribution in [2.75, 3.05) is 26.1 Å². The van der Waals surface area contributed by atoms with Crippen LogP contribution in [-0.2, 0) is 36.0 Å². The normalized spacial score (nSPS) is 19.3. The van der Waals surface area contributed by atoms with Gasteiger partial charge in [-0.25, -0.2) is 4.39 Å². The predicted molar refractivity (Wildman–Crippen MR) is 181 cm³/mol. The van der Waals surface area contributed by atoms with Crippen LogP contribution in [0.2, 0.25) is 0 Å². The number of alkyl halides is 3. The molecule has 0 saturated carbocycles. The molecular formula is C37H40F4N4O2S. The molecule has 11 heteroatoms. The van der Waals surface area contributed by atoms with Crippen molar-refractivity contribution in [2.24, 2.45) is 0 Å². The van der Waals surface area contributed by atoms with Crippen LogP contribution in [0.25, 0.3) is 11.1 Å². The molecule has 5 rings (SSSR count). The Labute approximate surface area is 301 Å². The molecule has 0 radical (unpaired) electrons. The first-order valence-corrected chi connectivity index (χ1v) is 15.8. The zero-order valence-electron chi connectivity index (χ0n) is 39.2. The number of rotatable bonds is 13. The van der Waals surface area contributed by atoms with Crippen molar-refractivity contribution < 1.29 is 40.2 Å². The van der Waals surface area contributed by atoms with Gasteiger partial charge < -0.3 is 14.4 Å². The summed E-state index contributed by atoms with van der Waals surface area (Å²) >= 11 is -0.0959. The zero-order chi connectivity index (χ0) is 46.0. The van der Waals surface area contributed by atoms with Crippen LogP contribution in [0.3, 0.4) is 0 Å². The number of carbonyl (C=O) groups is 1. The van der Waals surface area contributed by atoms with Gasteiger partial charge in [0.1, 0.15) is 12.3 Å². The number of halogens is 4. The third kappa shape index (κ3) is 8.36. The van der Waals surface area contributed by atoms with E-state index in [-0.39, 0.29) is 65.8 Å². The van der Waals surface area contributed by atoms with Gasteiger partial charge in [0.25, 0.3) is 5.56 Å². The second-order valence-electron chi connectivity index (χ2n) is 10.6. The Kier molecular flexibility index (Phi) is 7.07. The summed E-state index contributed by atoms with van der Waals surface area (Å²) in [6.45, 7) is -6.54. The number of aromatic nitrogens is 2. The van der Waals surface area contributed by atoms with Gasteiger partial charge in [-0.15, -0.1) is 0 Å². The van der Waals surface area contributed by atoms with E-state index in [0.29, 0.717) is 15.7 Å². The summed E-state index contributed by atoms with van der Waals surface area (Å²) < 4.78 is 170. The smallest absolute Gasteiger partial charge is 0.333 e. The molecule has 0 spiro atoms. The monoisotopic (exact) mass is 693 g/mol. The maximum Gasteiger partial charge on any atom is 0.416 e. The average molecular weight is 694 g/mol. The lowest BCUT2D eigenvalue weighted by molar-refractivity contribution is -0.137. The van der Waals surface area contributed by atoms with E-state index in [0.717, 1.165) is 24.0 Å². The first-order chi connectivity index (χ1) is 28.0. The Morgan fingerprint density at radius 3 is 2.25 bits per heavy atom. The van der Waals surface area contributed by atoms with E-state index < -0.39 is 95.1 Å². The fraction of sp³-hybridized carbons (Fsp3) is 0.378. The van der Waals surface area contributed by atoms with Gasteiger partial charge in [0.05, 0.1) is 23.9 Å². The van der Waals surface area contributed by atoms with Gasteiger partial charge in [-0.1, -0.05) is 74.1 Å². The molecule has 0 saturated heterocycles. The Morgan fingerprint density at radius 1 is 1.02 bits per heavy atom. The average Bonchev–Trinajstić information content (AvgIpc) is 3.66. The lowest BCUT2D eigenvalue weighted by atomic mass is 9.99. The van der Waals surface area contributed by atoms with Crippen molar-refractivity contribution in [3.63, 3.8) is 0 Å². The number of thioether (sulfide) groups is 1. The van der Waals surface area contributed by atoms with Crippen molar-refractivity contribution in [2.45, 2.75) is 69.6 Å². The van der Waals surface area contributed by atoms with Crippen molar-refractivity contribution in [1.82, 2.24) is 19.4 Å². The van der Waals surface area contributed by atoms with Gasteiger partial charge >= 0.3 is 6.18 Å². The number of fused-ring (bicyclic) bond motifs is 1. The Hall–Kier alpha value is -3.96. The summed E-state index contributed by atoms with van der Waals surface area (Å²) in [6, 6.07) is 1.98. The second-order valence-corrected chi connectivity index (χ2v) is 11.4. The Morgan fingerprint density at radius 2 is 1.65 bits per heavy atom. The molecule has 1 heterocycles. The molecule has 0 aliphatic heterocycles. The molecule has 48 heavy (non-hydrogen) atoms. The first-order valence-electron chi connectivity index (χ1n) is 21.5. The van der Waals surface area contributed by atoms with Crippen LogP contribution in [0.5, 0.6) is 0 Å². The van der Waals surface area contributed by atoms with E-state index in [1.807, 2.05) is 0 Å². The molecule has 6 nitrogen and oxygen atoms in total. The number of benzene rings is 3. The lowest BCUT2D eigenvalue weighted by Crippen LogP contribution is -2.42. The lowest BCUT2D eigenvalue weighted by Gasteiger charge is -2.33. The quantitative estimate of drug-likeness (QED) is 0.0814. The highest BCUT2D eigenvalue weighted by Crippen LogP contribution is 2.32. The zero-order valence-corrected chi connectivity index (χ0v) is 27.0. The van der Waals surface area contributed by atoms with Gasteiger partial charge in [-0.05, 0) is 85.7 Å². The minimum Gasteiger partial charge on any atom is -0.333 e. The van der Waals surface area contributed by atoms with E-state index in [2.05, 4.69) is 4.98 Å². The number of nitrogens with zero attached hydrogens (tertiary/aromatic N) is 4. The maximum atomic E-state index is 15.1. The topological polar surface area (TPSA) is 58.4 Å². The van der Waals surface area contributed by atoms with Crippen LogP contribution in [0.15, 0.2) is 82.7 Å². The van der Waals surface area contributed by atoms with E-state index in [1.165, 1.54) is 50.2 Å². The van der Waals surface area contributed by atoms with Crippen LogP contribution in [-0.4, -0.2) is 51.3 Å². The molecular weight excluding hydrogens is 640 g/mol. The number of hydrogen-bond acceptors (Lipinski definition) is 5. The van der Waals surface area contributed by atoms with E-state index in [4.69, 9.17) is 11.0 Å². The molecule has 1 aliphatic rings. The minimum atomic E-state index is -4.60. The summed E-state index contributed by atoms with van der Waals surface area (Å²) in [5.41, 5.74) is -5.75. The number of amides is 1. The van der Waals surface area contributed by atoms with E-state index in [9.17, 15) is 29.2 Å². The third-order valence-electron chi connectivity index (χ3n) is 7.62. The molecule has 1 unspecified atom stereocenters. The standard InChI is InChI=1S/C37H40F4N4O2S/c1-4-43(5-2)21-22-44(25(3)27-11-13-28(14-12-27)29-15-17-30(18-16-29)37(39,40)41)34(46)23-45-33-8-6-7-32(33)35(47)42-36(45)48-24-26-9-19-31(38)20-10-26/h9-20,25H,4-8,21-24H2,1-3H3/i9D,10D,19D,20D,21D2,22D2,23D2,24D2,25D. The molecule has 254 valence electrons. The molecule has 1 atom stereocenters. The molecule has 0 bridgehead atoms. The summed E-state index contributed by atoms with van der Waals surface area (Å²) in [5, 5.41) is -0.880. The second kappa shape index (κ2) is 15.5. The molecule has 0 N–H and O–H groups in total. The van der Waals surface area contributed by atoms with Gasteiger partial charge in [0, 0.05) is 35.4 Å². The number of carbonyl (C=O) groups excluding carboxylic acids is 1. The number of likely N-dealkylation sites (N-methyl/N-ethyl adjacent to an activating group) is 1. The highest BCUT2D eigenvalue weighted by Gasteiger charge is 2.30. The van der Waals surface area contributed by atoms with Crippen molar-refractivity contribution in [3.05, 3.63) is 117 Å². The van der Waals surface area contributed by atoms with Crippen molar-refractivity contribution in [1.29, 1.82) is 0 Å². The minimum absolute atomic E-state index is 0.0376. The van der Waals surface area contributed by atoms with Crippen LogP contribution in [0, 0.1) is 5.82 Å². The fourth-order valence-electron chi connectivity index (χ4n) is 4.97. The Balaban J connectivity index is 1.71. The Bertz CT molecular complexity index is 2370. The molecule has 0 fully saturated rings. The van der Waals surface area contributed by atoms with Gasteiger partial charge in [-0.3, -0.25) is 9.59 Å². The molecule has 4 aromatic rings. The third-order valence-corrected chi connectivity index (χ3v) is 8.38.